The van der Waals surface area contributed by atoms with Gasteiger partial charge < -0.3 is 0 Å². The van der Waals surface area contributed by atoms with Gasteiger partial charge in [-0.1, -0.05) is 35.5 Å². The summed E-state index contributed by atoms with van der Waals surface area (Å²) in [6, 6.07) is 16.8. The van der Waals surface area contributed by atoms with Crippen LogP contribution in [0.2, 0.25) is 5.02 Å². The maximum Gasteiger partial charge on any atom is 0.192 e. The molecule has 3 aromatic heterocycles. The van der Waals surface area contributed by atoms with E-state index in [4.69, 9.17) is 26.7 Å². The van der Waals surface area contributed by atoms with Crippen LogP contribution in [0.1, 0.15) is 27.6 Å². The molecule has 0 saturated carbocycles. The fourth-order valence-corrected chi connectivity index (χ4v) is 4.69. The minimum atomic E-state index is 0.00430. The molecule has 0 bridgehead atoms. The zero-order valence-electron chi connectivity index (χ0n) is 18.2. The van der Waals surface area contributed by atoms with Crippen molar-refractivity contribution in [3.63, 3.8) is 0 Å². The zero-order valence-corrected chi connectivity index (χ0v) is 19.8. The van der Waals surface area contributed by atoms with Crippen LogP contribution in [0.15, 0.2) is 59.8 Å². The molecule has 5 rings (SSSR count). The van der Waals surface area contributed by atoms with Gasteiger partial charge in [0.15, 0.2) is 22.4 Å². The Morgan fingerprint density at radius 2 is 1.82 bits per heavy atom. The van der Waals surface area contributed by atoms with Gasteiger partial charge in [-0.05, 0) is 56.3 Å². The second kappa shape index (κ2) is 8.96. The van der Waals surface area contributed by atoms with Gasteiger partial charge in [0.2, 0.25) is 0 Å². The summed E-state index contributed by atoms with van der Waals surface area (Å²) < 4.78 is 3.72. The van der Waals surface area contributed by atoms with E-state index in [1.165, 1.54) is 11.8 Å². The van der Waals surface area contributed by atoms with Gasteiger partial charge in [-0.25, -0.2) is 9.97 Å². The predicted molar refractivity (Wildman–Crippen MR) is 130 cm³/mol. The number of aryl methyl sites for hydroxylation is 4. The molecule has 0 spiro atoms. The number of thioether (sulfide) groups is 1. The summed E-state index contributed by atoms with van der Waals surface area (Å²) in [5.41, 5.74) is 4.29. The second-order valence-corrected chi connectivity index (χ2v) is 9.17. The fraction of sp³-hybridized carbons (Fsp3) is 0.208. The zero-order chi connectivity index (χ0) is 22.9. The summed E-state index contributed by atoms with van der Waals surface area (Å²) >= 11 is 7.29. The molecule has 0 aliphatic rings. The number of para-hydroxylation sites is 1. The summed E-state index contributed by atoms with van der Waals surface area (Å²) in [6.07, 6.45) is 0.645. The van der Waals surface area contributed by atoms with Gasteiger partial charge >= 0.3 is 0 Å². The second-order valence-electron chi connectivity index (χ2n) is 7.79. The van der Waals surface area contributed by atoms with E-state index in [-0.39, 0.29) is 11.5 Å². The number of carbonyl (C=O) groups is 1. The Balaban J connectivity index is 1.44. The van der Waals surface area contributed by atoms with E-state index in [0.29, 0.717) is 34.5 Å². The first-order chi connectivity index (χ1) is 16.0. The first-order valence-electron chi connectivity index (χ1n) is 10.5. The minimum Gasteiger partial charge on any atom is -0.293 e. The summed E-state index contributed by atoms with van der Waals surface area (Å²) in [4.78, 5) is 22.3. The molecule has 9 heteroatoms. The van der Waals surface area contributed by atoms with Gasteiger partial charge in [-0.3, -0.25) is 9.48 Å². The summed E-state index contributed by atoms with van der Waals surface area (Å²) in [7, 11) is 0. The van der Waals surface area contributed by atoms with E-state index >= 15 is 0 Å². The maximum absolute atomic E-state index is 12.7. The van der Waals surface area contributed by atoms with Crippen molar-refractivity contribution in [3.05, 3.63) is 82.4 Å². The highest BCUT2D eigenvalue weighted by Gasteiger charge is 2.16. The van der Waals surface area contributed by atoms with Crippen LogP contribution in [0, 0.1) is 13.8 Å². The van der Waals surface area contributed by atoms with Gasteiger partial charge in [0.05, 0.1) is 17.0 Å². The lowest BCUT2D eigenvalue weighted by Gasteiger charge is -2.06. The van der Waals surface area contributed by atoms with Crippen LogP contribution in [0.25, 0.3) is 16.6 Å². The van der Waals surface area contributed by atoms with Gasteiger partial charge in [0.25, 0.3) is 0 Å². The van der Waals surface area contributed by atoms with Crippen molar-refractivity contribution in [1.29, 1.82) is 0 Å². The van der Waals surface area contributed by atoms with Gasteiger partial charge in [-0.15, -0.1) is 5.10 Å². The molecule has 5 aromatic rings. The molecule has 0 amide bonds. The Morgan fingerprint density at radius 1 is 1.03 bits per heavy atom. The average molecular weight is 477 g/mol. The van der Waals surface area contributed by atoms with Crippen molar-refractivity contribution >= 4 is 45.7 Å². The Labute approximate surface area is 199 Å². The molecule has 3 heterocycles. The quantitative estimate of drug-likeness (QED) is 0.188. The number of carbonyl (C=O) groups excluding carboxylic acids is 1. The smallest absolute Gasteiger partial charge is 0.192 e. The first-order valence-corrected chi connectivity index (χ1v) is 11.9. The van der Waals surface area contributed by atoms with Crippen LogP contribution in [-0.2, 0) is 13.0 Å². The van der Waals surface area contributed by atoms with Crippen molar-refractivity contribution in [1.82, 2.24) is 29.4 Å². The normalized spacial score (nSPS) is 11.5. The number of Topliss-reactive ketones (excluding diaryl/α,β-unsaturated/α-hetero) is 1. The predicted octanol–water partition coefficient (Wildman–Crippen LogP) is 4.96. The maximum atomic E-state index is 12.7. The van der Waals surface area contributed by atoms with Crippen LogP contribution in [0.3, 0.4) is 0 Å². The fourth-order valence-electron chi connectivity index (χ4n) is 3.73. The van der Waals surface area contributed by atoms with E-state index in [1.54, 1.807) is 28.8 Å². The highest BCUT2D eigenvalue weighted by Crippen LogP contribution is 2.25. The van der Waals surface area contributed by atoms with E-state index in [9.17, 15) is 4.79 Å². The third kappa shape index (κ3) is 4.49. The van der Waals surface area contributed by atoms with Crippen LogP contribution in [-0.4, -0.2) is 40.9 Å². The van der Waals surface area contributed by atoms with E-state index < -0.39 is 0 Å². The largest absolute Gasteiger partial charge is 0.293 e. The highest BCUT2D eigenvalue weighted by molar-refractivity contribution is 7.99. The number of aromatic nitrogens is 6. The third-order valence-electron chi connectivity index (χ3n) is 5.34. The molecule has 2 aromatic carbocycles. The molecule has 0 atom stereocenters. The monoisotopic (exact) mass is 476 g/mol. The average Bonchev–Trinajstić information content (AvgIpc) is 3.38. The molecule has 0 aliphatic carbocycles. The lowest BCUT2D eigenvalue weighted by molar-refractivity contribution is 0.102. The lowest BCUT2D eigenvalue weighted by atomic mass is 10.1. The number of hydrogen-bond acceptors (Lipinski definition) is 6. The molecule has 0 N–H and O–H groups in total. The van der Waals surface area contributed by atoms with Crippen molar-refractivity contribution in [2.24, 2.45) is 0 Å². The van der Waals surface area contributed by atoms with Crippen LogP contribution in [0.4, 0.5) is 0 Å². The standard InChI is InChI=1S/C24H21ClN6OS/c1-15-13-16(2)30(28-15)12-11-22-27-23-19-5-3-4-6-20(19)26-24(31(23)29-22)33-14-21(32)17-7-9-18(25)10-8-17/h3-10,13H,11-12,14H2,1-2H3. The van der Waals surface area contributed by atoms with Gasteiger partial charge in [-0.2, -0.15) is 9.61 Å². The topological polar surface area (TPSA) is 78.0 Å². The molecule has 0 saturated heterocycles. The molecule has 0 radical (unpaired) electrons. The number of nitrogens with zero attached hydrogens (tertiary/aromatic N) is 6. The highest BCUT2D eigenvalue weighted by atomic mass is 35.5. The number of rotatable bonds is 7. The summed E-state index contributed by atoms with van der Waals surface area (Å²) in [5.74, 6) is 0.958. The molecule has 0 unspecified atom stereocenters. The van der Waals surface area contributed by atoms with Crippen LogP contribution >= 0.6 is 23.4 Å². The van der Waals surface area contributed by atoms with Crippen molar-refractivity contribution in [3.8, 4) is 0 Å². The number of fused-ring (bicyclic) bond motifs is 3. The van der Waals surface area contributed by atoms with Gasteiger partial charge in [0.1, 0.15) is 0 Å². The van der Waals surface area contributed by atoms with Crippen LogP contribution in [0.5, 0.6) is 0 Å². The minimum absolute atomic E-state index is 0.00430. The summed E-state index contributed by atoms with van der Waals surface area (Å²) in [5, 5.41) is 11.4. The van der Waals surface area contributed by atoms with E-state index in [2.05, 4.69) is 11.2 Å². The Morgan fingerprint density at radius 3 is 2.58 bits per heavy atom. The molecule has 0 aliphatic heterocycles. The first kappa shape index (κ1) is 21.6. The molecule has 0 fully saturated rings. The van der Waals surface area contributed by atoms with Gasteiger partial charge in [0, 0.05) is 34.6 Å². The number of ketones is 1. The molecule has 7 nitrogen and oxygen atoms in total. The SMILES string of the molecule is Cc1cc(C)n(CCc2nc3c4ccccc4nc(SCC(=O)c4ccc(Cl)cc4)n3n2)n1. The van der Waals surface area contributed by atoms with E-state index in [0.717, 1.165) is 27.9 Å². The van der Waals surface area contributed by atoms with Crippen molar-refractivity contribution < 1.29 is 4.79 Å². The number of halogens is 1. The number of benzene rings is 2. The van der Waals surface area contributed by atoms with E-state index in [1.807, 2.05) is 42.8 Å². The molecule has 33 heavy (non-hydrogen) atoms. The lowest BCUT2D eigenvalue weighted by Crippen LogP contribution is -2.07. The Hall–Kier alpha value is -3.23. The summed E-state index contributed by atoms with van der Waals surface area (Å²) in [6.45, 7) is 4.72. The van der Waals surface area contributed by atoms with Crippen LogP contribution < -0.4 is 0 Å². The Bertz CT molecular complexity index is 1470. The third-order valence-corrected chi connectivity index (χ3v) is 6.52. The van der Waals surface area contributed by atoms with Crippen molar-refractivity contribution in [2.75, 3.05) is 5.75 Å². The molecular weight excluding hydrogens is 456 g/mol. The number of hydrogen-bond donors (Lipinski definition) is 0. The Kier molecular flexibility index (Phi) is 5.86. The molecule has 166 valence electrons. The molecular formula is C24H21ClN6OS. The van der Waals surface area contributed by atoms with Crippen molar-refractivity contribution in [2.45, 2.75) is 32.0 Å².